The van der Waals surface area contributed by atoms with E-state index in [1.807, 2.05) is 0 Å². The summed E-state index contributed by atoms with van der Waals surface area (Å²) in [5, 5.41) is 0. The van der Waals surface area contributed by atoms with E-state index in [2.05, 4.69) is 0 Å². The summed E-state index contributed by atoms with van der Waals surface area (Å²) in [5.41, 5.74) is 5.67. The fourth-order valence-electron chi connectivity index (χ4n) is 1.30. The number of ether oxygens (including phenoxy) is 1. The Balaban J connectivity index is 2.06. The Morgan fingerprint density at radius 3 is 2.43 bits per heavy atom. The van der Waals surface area contributed by atoms with Crippen LogP contribution in [-0.2, 0) is 4.74 Å². The number of halogens is 1. The first-order valence-electron chi connectivity index (χ1n) is 4.46. The van der Waals surface area contributed by atoms with E-state index in [0.29, 0.717) is 19.8 Å². The molecule has 2 nitrogen and oxygen atoms in total. The first-order chi connectivity index (χ1) is 6.74. The molecule has 1 heterocycles. The molecule has 1 aliphatic rings. The molecule has 0 atom stereocenters. The zero-order chi connectivity index (χ0) is 10.0. The lowest BCUT2D eigenvalue weighted by atomic mass is 10.1. The maximum Gasteiger partial charge on any atom is 0.123 e. The van der Waals surface area contributed by atoms with Gasteiger partial charge in [0.25, 0.3) is 0 Å². The Bertz CT molecular complexity index is 305. The predicted octanol–water partition coefficient (Wildman–Crippen LogP) is 1.65. The number of hydrogen-bond acceptors (Lipinski definition) is 3. The summed E-state index contributed by atoms with van der Waals surface area (Å²) in [6, 6.07) is 6.48. The molecule has 4 heteroatoms. The van der Waals surface area contributed by atoms with Gasteiger partial charge in [0.1, 0.15) is 5.82 Å². The second-order valence-corrected chi connectivity index (χ2v) is 4.98. The van der Waals surface area contributed by atoms with Crippen LogP contribution in [0.2, 0.25) is 0 Å². The van der Waals surface area contributed by atoms with Gasteiger partial charge in [0.2, 0.25) is 0 Å². The number of nitrogens with two attached hydrogens (primary N) is 1. The van der Waals surface area contributed by atoms with Crippen LogP contribution in [0.3, 0.4) is 0 Å². The zero-order valence-corrected chi connectivity index (χ0v) is 8.52. The summed E-state index contributed by atoms with van der Waals surface area (Å²) in [6.07, 6.45) is 0. The number of rotatable bonds is 3. The highest BCUT2D eigenvalue weighted by atomic mass is 32.2. The summed E-state index contributed by atoms with van der Waals surface area (Å²) >= 11 is 1.67. The molecule has 14 heavy (non-hydrogen) atoms. The van der Waals surface area contributed by atoms with Gasteiger partial charge < -0.3 is 10.5 Å². The molecule has 0 radical (unpaired) electrons. The molecule has 2 N–H and O–H groups in total. The van der Waals surface area contributed by atoms with Crippen LogP contribution >= 0.6 is 11.8 Å². The fraction of sp³-hybridized carbons (Fsp3) is 0.400. The van der Waals surface area contributed by atoms with Crippen molar-refractivity contribution in [3.8, 4) is 0 Å². The van der Waals surface area contributed by atoms with Gasteiger partial charge in [-0.05, 0) is 24.3 Å². The van der Waals surface area contributed by atoms with Crippen LogP contribution in [0.25, 0.3) is 0 Å². The molecule has 0 spiro atoms. The molecular weight excluding hydrogens is 201 g/mol. The highest BCUT2D eigenvalue weighted by Gasteiger charge is 2.38. The van der Waals surface area contributed by atoms with Crippen LogP contribution < -0.4 is 5.73 Å². The normalized spacial score (nSPS) is 19.0. The molecule has 76 valence electrons. The molecule has 1 aromatic rings. The summed E-state index contributed by atoms with van der Waals surface area (Å²) in [5.74, 6) is -0.207. The van der Waals surface area contributed by atoms with E-state index in [-0.39, 0.29) is 10.6 Å². The summed E-state index contributed by atoms with van der Waals surface area (Å²) < 4.78 is 17.8. The molecular formula is C10H12FNOS. The molecule has 1 saturated heterocycles. The van der Waals surface area contributed by atoms with Crippen molar-refractivity contribution in [2.45, 2.75) is 9.64 Å². The van der Waals surface area contributed by atoms with E-state index in [1.54, 1.807) is 23.9 Å². The average molecular weight is 213 g/mol. The van der Waals surface area contributed by atoms with Crippen LogP contribution in [0.1, 0.15) is 0 Å². The van der Waals surface area contributed by atoms with Crippen LogP contribution in [-0.4, -0.2) is 24.5 Å². The SMILES string of the molecule is NCC1(Sc2ccc(F)cc2)COC1. The van der Waals surface area contributed by atoms with E-state index in [4.69, 9.17) is 10.5 Å². The number of benzene rings is 1. The summed E-state index contributed by atoms with van der Waals surface area (Å²) in [7, 11) is 0. The monoisotopic (exact) mass is 213 g/mol. The predicted molar refractivity (Wildman–Crippen MR) is 54.9 cm³/mol. The van der Waals surface area contributed by atoms with Gasteiger partial charge in [-0.15, -0.1) is 11.8 Å². The molecule has 0 saturated carbocycles. The highest BCUT2D eigenvalue weighted by molar-refractivity contribution is 8.00. The Hall–Kier alpha value is -0.580. The van der Waals surface area contributed by atoms with Crippen LogP contribution in [0, 0.1) is 5.82 Å². The number of thioether (sulfide) groups is 1. The van der Waals surface area contributed by atoms with E-state index < -0.39 is 0 Å². The van der Waals surface area contributed by atoms with Gasteiger partial charge in [-0.25, -0.2) is 4.39 Å². The van der Waals surface area contributed by atoms with Crippen molar-refractivity contribution in [2.24, 2.45) is 5.73 Å². The van der Waals surface area contributed by atoms with E-state index in [0.717, 1.165) is 4.90 Å². The van der Waals surface area contributed by atoms with Gasteiger partial charge in [-0.1, -0.05) is 0 Å². The molecule has 0 unspecified atom stereocenters. The van der Waals surface area contributed by atoms with Crippen LogP contribution in [0.5, 0.6) is 0 Å². The number of hydrogen-bond donors (Lipinski definition) is 1. The second-order valence-electron chi connectivity index (χ2n) is 3.44. The molecule has 0 aromatic heterocycles. The van der Waals surface area contributed by atoms with Crippen molar-refractivity contribution < 1.29 is 9.13 Å². The van der Waals surface area contributed by atoms with Crippen molar-refractivity contribution in [1.29, 1.82) is 0 Å². The third-order valence-corrected chi connectivity index (χ3v) is 3.59. The van der Waals surface area contributed by atoms with Gasteiger partial charge in [0, 0.05) is 11.4 Å². The first-order valence-corrected chi connectivity index (χ1v) is 5.28. The van der Waals surface area contributed by atoms with Crippen molar-refractivity contribution in [3.05, 3.63) is 30.1 Å². The minimum Gasteiger partial charge on any atom is -0.378 e. The molecule has 0 aliphatic carbocycles. The largest absolute Gasteiger partial charge is 0.378 e. The van der Waals surface area contributed by atoms with Crippen LogP contribution in [0.15, 0.2) is 29.2 Å². The molecule has 0 bridgehead atoms. The van der Waals surface area contributed by atoms with E-state index in [9.17, 15) is 4.39 Å². The standard InChI is InChI=1S/C10H12FNOS/c11-8-1-3-9(4-2-8)14-10(5-12)6-13-7-10/h1-4H,5-7,12H2. The Morgan fingerprint density at radius 1 is 1.36 bits per heavy atom. The van der Waals surface area contributed by atoms with Crippen molar-refractivity contribution in [3.63, 3.8) is 0 Å². The summed E-state index contributed by atoms with van der Waals surface area (Å²) in [4.78, 5) is 1.04. The Morgan fingerprint density at radius 2 is 2.00 bits per heavy atom. The molecule has 1 aliphatic heterocycles. The smallest absolute Gasteiger partial charge is 0.123 e. The quantitative estimate of drug-likeness (QED) is 0.829. The second kappa shape index (κ2) is 3.88. The lowest BCUT2D eigenvalue weighted by Gasteiger charge is -2.39. The van der Waals surface area contributed by atoms with Crippen LogP contribution in [0.4, 0.5) is 4.39 Å². The fourth-order valence-corrected chi connectivity index (χ4v) is 2.44. The van der Waals surface area contributed by atoms with Gasteiger partial charge in [-0.2, -0.15) is 0 Å². The molecule has 1 fully saturated rings. The minimum absolute atomic E-state index is 0.0117. The van der Waals surface area contributed by atoms with E-state index in [1.165, 1.54) is 12.1 Å². The molecule has 0 amide bonds. The third kappa shape index (κ3) is 1.92. The maximum absolute atomic E-state index is 12.6. The van der Waals surface area contributed by atoms with E-state index >= 15 is 0 Å². The molecule has 2 rings (SSSR count). The Kier molecular flexibility index (Phi) is 2.76. The maximum atomic E-state index is 12.6. The van der Waals surface area contributed by atoms with Crippen molar-refractivity contribution >= 4 is 11.8 Å². The van der Waals surface area contributed by atoms with Gasteiger partial charge in [-0.3, -0.25) is 0 Å². The van der Waals surface area contributed by atoms with Crippen molar-refractivity contribution in [2.75, 3.05) is 19.8 Å². The highest BCUT2D eigenvalue weighted by Crippen LogP contribution is 2.37. The van der Waals surface area contributed by atoms with Gasteiger partial charge in [0.05, 0.1) is 18.0 Å². The van der Waals surface area contributed by atoms with Crippen molar-refractivity contribution in [1.82, 2.24) is 0 Å². The minimum atomic E-state index is -0.207. The average Bonchev–Trinajstić information content (AvgIpc) is 2.15. The van der Waals surface area contributed by atoms with Gasteiger partial charge >= 0.3 is 0 Å². The lowest BCUT2D eigenvalue weighted by molar-refractivity contribution is -0.00434. The molecule has 1 aromatic carbocycles. The third-order valence-electron chi connectivity index (χ3n) is 2.25. The topological polar surface area (TPSA) is 35.2 Å². The first kappa shape index (κ1) is 9.96. The zero-order valence-electron chi connectivity index (χ0n) is 7.70. The summed E-state index contributed by atoms with van der Waals surface area (Å²) in [6.45, 7) is 1.96. The Labute approximate surface area is 86.6 Å². The van der Waals surface area contributed by atoms with Gasteiger partial charge in [0.15, 0.2) is 0 Å². The lowest BCUT2D eigenvalue weighted by Crippen LogP contribution is -2.52.